The summed E-state index contributed by atoms with van der Waals surface area (Å²) in [5.74, 6) is 0.268. The predicted octanol–water partition coefficient (Wildman–Crippen LogP) is 4.05. The van der Waals surface area contributed by atoms with Crippen LogP contribution in [-0.2, 0) is 6.42 Å². The Morgan fingerprint density at radius 1 is 1.35 bits per heavy atom. The molecule has 17 heavy (non-hydrogen) atoms. The molecule has 1 aromatic rings. The molecule has 96 valence electrons. The first-order valence-electron chi connectivity index (χ1n) is 6.32. The minimum absolute atomic E-state index is 0.185. The largest absolute Gasteiger partial charge is 0.317 e. The molecule has 0 heterocycles. The maximum atomic E-state index is 13.7. The highest BCUT2D eigenvalue weighted by atomic mass is 35.5. The van der Waals surface area contributed by atoms with Crippen molar-refractivity contribution >= 4 is 11.6 Å². The summed E-state index contributed by atoms with van der Waals surface area (Å²) in [6.45, 7) is 6.11. The van der Waals surface area contributed by atoms with Gasteiger partial charge in [-0.25, -0.2) is 4.39 Å². The molecule has 1 atom stereocenters. The zero-order valence-corrected chi connectivity index (χ0v) is 11.4. The van der Waals surface area contributed by atoms with Crippen molar-refractivity contribution in [2.75, 3.05) is 13.1 Å². The van der Waals surface area contributed by atoms with E-state index in [1.807, 2.05) is 0 Å². The summed E-state index contributed by atoms with van der Waals surface area (Å²) in [7, 11) is 0. The van der Waals surface area contributed by atoms with Gasteiger partial charge in [0, 0.05) is 10.6 Å². The number of hydrogen-bond acceptors (Lipinski definition) is 1. The second kappa shape index (κ2) is 7.67. The van der Waals surface area contributed by atoms with E-state index in [-0.39, 0.29) is 5.82 Å². The molecule has 1 rings (SSSR count). The lowest BCUT2D eigenvalue weighted by Gasteiger charge is -2.17. The lowest BCUT2D eigenvalue weighted by atomic mass is 9.94. The topological polar surface area (TPSA) is 12.0 Å². The van der Waals surface area contributed by atoms with E-state index in [0.29, 0.717) is 22.9 Å². The van der Waals surface area contributed by atoms with Crippen LogP contribution in [0.4, 0.5) is 4.39 Å². The fourth-order valence-electron chi connectivity index (χ4n) is 2.05. The Bertz CT molecular complexity index is 321. The van der Waals surface area contributed by atoms with Gasteiger partial charge >= 0.3 is 0 Å². The van der Waals surface area contributed by atoms with Crippen molar-refractivity contribution < 1.29 is 4.39 Å². The summed E-state index contributed by atoms with van der Waals surface area (Å²) in [5.41, 5.74) is 0.658. The van der Waals surface area contributed by atoms with Crippen molar-refractivity contribution in [2.45, 2.75) is 33.1 Å². The van der Waals surface area contributed by atoms with Gasteiger partial charge in [0.05, 0.1) is 0 Å². The molecule has 1 aromatic carbocycles. The maximum absolute atomic E-state index is 13.7. The molecular formula is C14H21ClFN. The first-order valence-corrected chi connectivity index (χ1v) is 6.70. The molecule has 0 radical (unpaired) electrons. The lowest BCUT2D eigenvalue weighted by Crippen LogP contribution is -2.24. The van der Waals surface area contributed by atoms with Crippen molar-refractivity contribution in [3.8, 4) is 0 Å². The Kier molecular flexibility index (Phi) is 6.53. The van der Waals surface area contributed by atoms with Crippen LogP contribution in [0.3, 0.4) is 0 Å². The fraction of sp³-hybridized carbons (Fsp3) is 0.571. The van der Waals surface area contributed by atoms with Gasteiger partial charge in [-0.3, -0.25) is 0 Å². The van der Waals surface area contributed by atoms with Crippen molar-refractivity contribution in [1.29, 1.82) is 0 Å². The normalized spacial score (nSPS) is 12.7. The van der Waals surface area contributed by atoms with Crippen LogP contribution in [0.15, 0.2) is 18.2 Å². The minimum Gasteiger partial charge on any atom is -0.317 e. The third-order valence-corrected chi connectivity index (χ3v) is 3.29. The number of halogens is 2. The van der Waals surface area contributed by atoms with Gasteiger partial charge in [0.1, 0.15) is 5.82 Å². The molecule has 1 unspecified atom stereocenters. The Labute approximate surface area is 108 Å². The van der Waals surface area contributed by atoms with Gasteiger partial charge in [-0.2, -0.15) is 0 Å². The molecule has 1 N–H and O–H groups in total. The highest BCUT2D eigenvalue weighted by molar-refractivity contribution is 6.31. The van der Waals surface area contributed by atoms with Gasteiger partial charge in [0.15, 0.2) is 0 Å². The van der Waals surface area contributed by atoms with Gasteiger partial charge in [-0.05, 0) is 44.0 Å². The molecule has 0 amide bonds. The first-order chi connectivity index (χ1) is 8.19. The Balaban J connectivity index is 2.70. The van der Waals surface area contributed by atoms with E-state index in [2.05, 4.69) is 19.2 Å². The van der Waals surface area contributed by atoms with Crippen LogP contribution < -0.4 is 5.32 Å². The van der Waals surface area contributed by atoms with Gasteiger partial charge in [-0.15, -0.1) is 0 Å². The summed E-state index contributed by atoms with van der Waals surface area (Å²) in [4.78, 5) is 0. The molecule has 0 fully saturated rings. The molecule has 3 heteroatoms. The highest BCUT2D eigenvalue weighted by Crippen LogP contribution is 2.23. The fourth-order valence-corrected chi connectivity index (χ4v) is 2.29. The van der Waals surface area contributed by atoms with Crippen LogP contribution in [0.25, 0.3) is 0 Å². The van der Waals surface area contributed by atoms with E-state index in [1.54, 1.807) is 12.1 Å². The number of nitrogens with one attached hydrogen (secondary N) is 1. The number of rotatable bonds is 7. The summed E-state index contributed by atoms with van der Waals surface area (Å²) >= 11 is 6.05. The predicted molar refractivity (Wildman–Crippen MR) is 72.1 cm³/mol. The molecule has 0 aliphatic heterocycles. The second-order valence-corrected chi connectivity index (χ2v) is 4.77. The number of benzene rings is 1. The third kappa shape index (κ3) is 4.64. The maximum Gasteiger partial charge on any atom is 0.127 e. The zero-order chi connectivity index (χ0) is 12.7. The molecule has 0 aliphatic rings. The first kappa shape index (κ1) is 14.5. The van der Waals surface area contributed by atoms with Gasteiger partial charge in [-0.1, -0.05) is 37.9 Å². The van der Waals surface area contributed by atoms with Crippen molar-refractivity contribution in [3.63, 3.8) is 0 Å². The Morgan fingerprint density at radius 3 is 2.71 bits per heavy atom. The van der Waals surface area contributed by atoms with Crippen LogP contribution >= 0.6 is 11.6 Å². The van der Waals surface area contributed by atoms with E-state index in [4.69, 9.17) is 11.6 Å². The average molecular weight is 258 g/mol. The molecule has 1 nitrogen and oxygen atoms in total. The molecule has 0 spiro atoms. The van der Waals surface area contributed by atoms with Gasteiger partial charge in [0.25, 0.3) is 0 Å². The number of hydrogen-bond donors (Lipinski definition) is 1. The smallest absolute Gasteiger partial charge is 0.127 e. The quantitative estimate of drug-likeness (QED) is 0.777. The highest BCUT2D eigenvalue weighted by Gasteiger charge is 2.14. The molecular weight excluding hydrogens is 237 g/mol. The summed E-state index contributed by atoms with van der Waals surface area (Å²) in [6, 6.07) is 4.90. The van der Waals surface area contributed by atoms with Crippen LogP contribution in [0, 0.1) is 11.7 Å². The standard InChI is InChI=1S/C14H21ClFN/c1-3-6-11(10-17-4-2)9-12-13(15)7-5-8-14(12)16/h5,7-8,11,17H,3-4,6,9-10H2,1-2H3. The van der Waals surface area contributed by atoms with E-state index in [0.717, 1.165) is 25.9 Å². The van der Waals surface area contributed by atoms with Crippen LogP contribution in [0.2, 0.25) is 5.02 Å². The summed E-state index contributed by atoms with van der Waals surface area (Å²) < 4.78 is 13.7. The Hall–Kier alpha value is -0.600. The van der Waals surface area contributed by atoms with Gasteiger partial charge in [0.2, 0.25) is 0 Å². The Morgan fingerprint density at radius 2 is 2.12 bits per heavy atom. The average Bonchev–Trinajstić information content (AvgIpc) is 2.31. The van der Waals surface area contributed by atoms with E-state index >= 15 is 0 Å². The molecule has 0 aromatic heterocycles. The van der Waals surface area contributed by atoms with Crippen molar-refractivity contribution in [2.24, 2.45) is 5.92 Å². The molecule has 0 bridgehead atoms. The molecule has 0 saturated heterocycles. The van der Waals surface area contributed by atoms with Crippen LogP contribution in [-0.4, -0.2) is 13.1 Å². The van der Waals surface area contributed by atoms with E-state index < -0.39 is 0 Å². The SMILES string of the molecule is CCCC(CNCC)Cc1c(F)cccc1Cl. The van der Waals surface area contributed by atoms with Crippen molar-refractivity contribution in [3.05, 3.63) is 34.6 Å². The van der Waals surface area contributed by atoms with E-state index in [1.165, 1.54) is 6.07 Å². The minimum atomic E-state index is -0.185. The van der Waals surface area contributed by atoms with Gasteiger partial charge < -0.3 is 5.32 Å². The van der Waals surface area contributed by atoms with E-state index in [9.17, 15) is 4.39 Å². The zero-order valence-electron chi connectivity index (χ0n) is 10.6. The molecule has 0 saturated carbocycles. The monoisotopic (exact) mass is 257 g/mol. The second-order valence-electron chi connectivity index (χ2n) is 4.37. The van der Waals surface area contributed by atoms with Crippen molar-refractivity contribution in [1.82, 2.24) is 5.32 Å². The summed E-state index contributed by atoms with van der Waals surface area (Å²) in [5, 5.41) is 3.87. The van der Waals surface area contributed by atoms with Crippen LogP contribution in [0.5, 0.6) is 0 Å². The third-order valence-electron chi connectivity index (χ3n) is 2.93. The summed E-state index contributed by atoms with van der Waals surface area (Å²) in [6.07, 6.45) is 2.92. The molecule has 0 aliphatic carbocycles. The lowest BCUT2D eigenvalue weighted by molar-refractivity contribution is 0.436. The van der Waals surface area contributed by atoms with Crippen LogP contribution in [0.1, 0.15) is 32.3 Å².